The summed E-state index contributed by atoms with van der Waals surface area (Å²) >= 11 is 0. The molecular formula is C13H14F3N3O4. The number of rotatable bonds is 3. The summed E-state index contributed by atoms with van der Waals surface area (Å²) in [5.41, 5.74) is -3.79. The molecule has 23 heavy (non-hydrogen) atoms. The lowest BCUT2D eigenvalue weighted by Crippen LogP contribution is -2.73. The van der Waals surface area contributed by atoms with Gasteiger partial charge in [0.25, 0.3) is 5.72 Å². The highest BCUT2D eigenvalue weighted by atomic mass is 19.4. The summed E-state index contributed by atoms with van der Waals surface area (Å²) < 4.78 is 44.6. The maximum absolute atomic E-state index is 13.3. The summed E-state index contributed by atoms with van der Waals surface area (Å²) in [5, 5.41) is 13.6. The van der Waals surface area contributed by atoms with E-state index in [4.69, 9.17) is 0 Å². The SMILES string of the molecule is CCOC(=O)[C@@H]1[C@@H](c2ccccn2)NC(=O)N[C@]1(O)C(F)(F)F. The van der Waals surface area contributed by atoms with Crippen LogP contribution < -0.4 is 10.6 Å². The lowest BCUT2D eigenvalue weighted by molar-refractivity contribution is -0.294. The Hall–Kier alpha value is -2.36. The number of nitrogens with one attached hydrogen (secondary N) is 2. The molecule has 0 spiro atoms. The van der Waals surface area contributed by atoms with E-state index < -0.39 is 35.9 Å². The van der Waals surface area contributed by atoms with Crippen LogP contribution in [0, 0.1) is 5.92 Å². The lowest BCUT2D eigenvalue weighted by Gasteiger charge is -2.43. The van der Waals surface area contributed by atoms with Gasteiger partial charge in [0.15, 0.2) is 0 Å². The third-order valence-electron chi connectivity index (χ3n) is 3.35. The van der Waals surface area contributed by atoms with E-state index in [-0.39, 0.29) is 12.3 Å². The molecule has 2 amide bonds. The highest BCUT2D eigenvalue weighted by Crippen LogP contribution is 2.42. The van der Waals surface area contributed by atoms with Gasteiger partial charge < -0.3 is 20.5 Å². The highest BCUT2D eigenvalue weighted by Gasteiger charge is 2.67. The Balaban J connectivity index is 2.54. The zero-order chi connectivity index (χ0) is 17.3. The van der Waals surface area contributed by atoms with Crippen LogP contribution in [-0.4, -0.2) is 40.6 Å². The average Bonchev–Trinajstić information content (AvgIpc) is 2.46. The number of ether oxygens (including phenoxy) is 1. The van der Waals surface area contributed by atoms with Crippen LogP contribution in [0.1, 0.15) is 18.7 Å². The van der Waals surface area contributed by atoms with E-state index in [1.54, 1.807) is 0 Å². The summed E-state index contributed by atoms with van der Waals surface area (Å²) in [6.45, 7) is 1.22. The van der Waals surface area contributed by atoms with Gasteiger partial charge in [-0.15, -0.1) is 0 Å². The molecule has 10 heteroatoms. The second kappa shape index (κ2) is 6.03. The van der Waals surface area contributed by atoms with E-state index in [1.807, 2.05) is 0 Å². The number of urea groups is 1. The fourth-order valence-electron chi connectivity index (χ4n) is 2.34. The summed E-state index contributed by atoms with van der Waals surface area (Å²) in [4.78, 5) is 27.5. The zero-order valence-electron chi connectivity index (χ0n) is 11.9. The predicted molar refractivity (Wildman–Crippen MR) is 69.8 cm³/mol. The first kappa shape index (κ1) is 17.0. The molecule has 1 aliphatic rings. The van der Waals surface area contributed by atoms with Crippen molar-refractivity contribution in [1.29, 1.82) is 0 Å². The average molecular weight is 333 g/mol. The van der Waals surface area contributed by atoms with Crippen molar-refractivity contribution in [3.05, 3.63) is 30.1 Å². The number of amides is 2. The maximum Gasteiger partial charge on any atom is 0.437 e. The molecule has 0 unspecified atom stereocenters. The summed E-state index contributed by atoms with van der Waals surface area (Å²) in [6, 6.07) is 1.54. The number of hydrogen-bond donors (Lipinski definition) is 3. The van der Waals surface area contributed by atoms with Crippen molar-refractivity contribution in [3.63, 3.8) is 0 Å². The minimum atomic E-state index is -5.30. The second-order valence-electron chi connectivity index (χ2n) is 4.82. The van der Waals surface area contributed by atoms with Crippen molar-refractivity contribution >= 4 is 12.0 Å². The van der Waals surface area contributed by atoms with Crippen molar-refractivity contribution in [2.45, 2.75) is 24.9 Å². The molecule has 3 atom stereocenters. The Kier molecular flexibility index (Phi) is 4.46. The van der Waals surface area contributed by atoms with Gasteiger partial charge in [0.2, 0.25) is 0 Å². The molecule has 1 fully saturated rings. The summed E-state index contributed by atoms with van der Waals surface area (Å²) in [5.74, 6) is -3.47. The van der Waals surface area contributed by atoms with Crippen LogP contribution in [0.4, 0.5) is 18.0 Å². The third kappa shape index (κ3) is 3.07. The Morgan fingerprint density at radius 1 is 1.48 bits per heavy atom. The molecule has 3 N–H and O–H groups in total. The lowest BCUT2D eigenvalue weighted by atomic mass is 9.83. The van der Waals surface area contributed by atoms with E-state index in [2.05, 4.69) is 15.0 Å². The van der Waals surface area contributed by atoms with E-state index in [0.717, 1.165) is 0 Å². The van der Waals surface area contributed by atoms with Gasteiger partial charge >= 0.3 is 18.2 Å². The van der Waals surface area contributed by atoms with Crippen LogP contribution >= 0.6 is 0 Å². The molecule has 2 rings (SSSR count). The highest BCUT2D eigenvalue weighted by molar-refractivity contribution is 5.83. The normalized spacial score (nSPS) is 27.8. The number of aliphatic hydroxyl groups is 1. The van der Waals surface area contributed by atoms with Crippen LogP contribution in [-0.2, 0) is 9.53 Å². The van der Waals surface area contributed by atoms with Crippen molar-refractivity contribution < 1.29 is 32.6 Å². The zero-order valence-corrected chi connectivity index (χ0v) is 11.9. The number of aromatic nitrogens is 1. The van der Waals surface area contributed by atoms with E-state index >= 15 is 0 Å². The van der Waals surface area contributed by atoms with Crippen LogP contribution in [0.3, 0.4) is 0 Å². The van der Waals surface area contributed by atoms with E-state index in [9.17, 15) is 27.9 Å². The Morgan fingerprint density at radius 2 is 2.17 bits per heavy atom. The molecule has 7 nitrogen and oxygen atoms in total. The number of halogens is 3. The van der Waals surface area contributed by atoms with Gasteiger partial charge in [0, 0.05) is 6.20 Å². The third-order valence-corrected chi connectivity index (χ3v) is 3.35. The van der Waals surface area contributed by atoms with Crippen LogP contribution in [0.25, 0.3) is 0 Å². The van der Waals surface area contributed by atoms with Crippen LogP contribution in [0.2, 0.25) is 0 Å². The number of hydrogen-bond acceptors (Lipinski definition) is 5. The molecule has 1 saturated heterocycles. The molecule has 0 radical (unpaired) electrons. The summed E-state index contributed by atoms with van der Waals surface area (Å²) in [6.07, 6.45) is -4.01. The number of carbonyl (C=O) groups excluding carboxylic acids is 2. The molecular weight excluding hydrogens is 319 g/mol. The molecule has 0 aliphatic carbocycles. The fraction of sp³-hybridized carbons (Fsp3) is 0.462. The van der Waals surface area contributed by atoms with Gasteiger partial charge in [-0.25, -0.2) is 4.79 Å². The van der Waals surface area contributed by atoms with Crippen molar-refractivity contribution in [2.75, 3.05) is 6.61 Å². The number of carbonyl (C=O) groups is 2. The predicted octanol–water partition coefficient (Wildman–Crippen LogP) is 0.866. The molecule has 2 heterocycles. The quantitative estimate of drug-likeness (QED) is 0.713. The fourth-order valence-corrected chi connectivity index (χ4v) is 2.34. The summed E-state index contributed by atoms with van der Waals surface area (Å²) in [7, 11) is 0. The Bertz CT molecular complexity index is 596. The van der Waals surface area contributed by atoms with Gasteiger partial charge in [-0.1, -0.05) is 6.07 Å². The first-order valence-corrected chi connectivity index (χ1v) is 6.66. The van der Waals surface area contributed by atoms with Crippen LogP contribution in [0.15, 0.2) is 24.4 Å². The van der Waals surface area contributed by atoms with Crippen LogP contribution in [0.5, 0.6) is 0 Å². The monoisotopic (exact) mass is 333 g/mol. The van der Waals surface area contributed by atoms with Gasteiger partial charge in [-0.3, -0.25) is 9.78 Å². The molecule has 0 aromatic carbocycles. The standard InChI is InChI=1S/C13H14F3N3O4/c1-2-23-10(20)8-9(7-5-3-4-6-17-7)18-11(21)19-12(8,22)13(14,15)16/h3-6,8-9,22H,2H2,1H3,(H2,18,19,21)/t8-,9+,12+/m0/s1. The van der Waals surface area contributed by atoms with Gasteiger partial charge in [-0.2, -0.15) is 13.2 Å². The first-order valence-electron chi connectivity index (χ1n) is 6.66. The minimum absolute atomic E-state index is 0.0110. The number of alkyl halides is 3. The molecule has 126 valence electrons. The van der Waals surface area contributed by atoms with Gasteiger partial charge in [0.05, 0.1) is 18.3 Å². The molecule has 0 bridgehead atoms. The minimum Gasteiger partial charge on any atom is -0.466 e. The smallest absolute Gasteiger partial charge is 0.437 e. The maximum atomic E-state index is 13.3. The van der Waals surface area contributed by atoms with Gasteiger partial charge in [0.1, 0.15) is 5.92 Å². The van der Waals surface area contributed by atoms with E-state index in [0.29, 0.717) is 0 Å². The molecule has 1 aromatic heterocycles. The Labute approximate surface area is 128 Å². The number of esters is 1. The Morgan fingerprint density at radius 3 is 2.70 bits per heavy atom. The first-order chi connectivity index (χ1) is 10.7. The molecule has 1 aliphatic heterocycles. The second-order valence-corrected chi connectivity index (χ2v) is 4.82. The van der Waals surface area contributed by atoms with Crippen molar-refractivity contribution in [1.82, 2.24) is 15.6 Å². The van der Waals surface area contributed by atoms with Gasteiger partial charge in [-0.05, 0) is 19.1 Å². The largest absolute Gasteiger partial charge is 0.466 e. The van der Waals surface area contributed by atoms with Crippen molar-refractivity contribution in [3.8, 4) is 0 Å². The number of pyridine rings is 1. The molecule has 0 saturated carbocycles. The molecule has 1 aromatic rings. The van der Waals surface area contributed by atoms with Crippen molar-refractivity contribution in [2.24, 2.45) is 5.92 Å². The van der Waals surface area contributed by atoms with E-state index in [1.165, 1.54) is 36.6 Å². The topological polar surface area (TPSA) is 101 Å². The number of nitrogens with zero attached hydrogens (tertiary/aromatic N) is 1.